The molecule has 0 aromatic rings. The molecule has 9 heteroatoms. The average molecular weight is 553 g/mol. The van der Waals surface area contributed by atoms with Gasteiger partial charge in [-0.2, -0.15) is 0 Å². The van der Waals surface area contributed by atoms with Gasteiger partial charge >= 0.3 is 0 Å². The van der Waals surface area contributed by atoms with Gasteiger partial charge in [0.05, 0.1) is 0 Å². The van der Waals surface area contributed by atoms with Gasteiger partial charge in [0, 0.05) is 66.1 Å². The molecule has 2 saturated heterocycles. The van der Waals surface area contributed by atoms with E-state index in [1.165, 1.54) is 0 Å². The molecule has 196 valence electrons. The molecule has 0 saturated carbocycles. The van der Waals surface area contributed by atoms with E-state index >= 15 is 0 Å². The lowest BCUT2D eigenvalue weighted by molar-refractivity contribution is -0.0110. The largest absolute Gasteiger partial charge is 0.415 e. The predicted octanol–water partition coefficient (Wildman–Crippen LogP) is 8.59. The molecule has 2 rings (SSSR count). The molecule has 0 bridgehead atoms. The van der Waals surface area contributed by atoms with Crippen molar-refractivity contribution in [3.8, 4) is 0 Å². The Kier molecular flexibility index (Phi) is 9.47. The van der Waals surface area contributed by atoms with Crippen molar-refractivity contribution in [1.82, 2.24) is 8.61 Å². The standard InChI is InChI=1S/C24H52N2O2S3Si2/c1-21(2)15-19(27-32(9,10)11)16-22(3,4)25(21)29-31-30-26-23(5,6)17-20(18-24(26,7)8)28-33(12,13)14/h19-20H,15-18H2,1-14H3. The highest BCUT2D eigenvalue weighted by atomic mass is 33.5. The summed E-state index contributed by atoms with van der Waals surface area (Å²) in [6.45, 7) is 33.0. The van der Waals surface area contributed by atoms with Crippen LogP contribution in [0.3, 0.4) is 0 Å². The van der Waals surface area contributed by atoms with E-state index < -0.39 is 16.6 Å². The lowest BCUT2D eigenvalue weighted by Gasteiger charge is -2.56. The Bertz CT molecular complexity index is 584. The van der Waals surface area contributed by atoms with E-state index in [4.69, 9.17) is 8.85 Å². The van der Waals surface area contributed by atoms with Gasteiger partial charge in [-0.05, 0) is 120 Å². The van der Waals surface area contributed by atoms with Gasteiger partial charge < -0.3 is 8.85 Å². The molecule has 2 aliphatic heterocycles. The minimum atomic E-state index is -1.54. The minimum Gasteiger partial charge on any atom is -0.415 e. The molecular weight excluding hydrogens is 501 g/mol. The summed E-state index contributed by atoms with van der Waals surface area (Å²) in [5.74, 6) is 0. The van der Waals surface area contributed by atoms with E-state index in [2.05, 4.69) is 103 Å². The van der Waals surface area contributed by atoms with Crippen molar-refractivity contribution < 1.29 is 8.85 Å². The molecule has 2 heterocycles. The first-order chi connectivity index (χ1) is 14.5. The minimum absolute atomic E-state index is 0.0908. The molecule has 0 aliphatic carbocycles. The fourth-order valence-electron chi connectivity index (χ4n) is 5.99. The number of piperidine rings is 2. The highest BCUT2D eigenvalue weighted by Crippen LogP contribution is 2.55. The first-order valence-electron chi connectivity index (χ1n) is 12.5. The molecule has 0 aromatic heterocycles. The summed E-state index contributed by atoms with van der Waals surface area (Å²) >= 11 is 0. The van der Waals surface area contributed by atoms with Crippen LogP contribution in [0, 0.1) is 0 Å². The number of hydrogen-bond donors (Lipinski definition) is 0. The van der Waals surface area contributed by atoms with Gasteiger partial charge in [0.25, 0.3) is 0 Å². The van der Waals surface area contributed by atoms with E-state index in [1.807, 2.05) is 31.8 Å². The summed E-state index contributed by atoms with van der Waals surface area (Å²) in [4.78, 5) is 0. The van der Waals surface area contributed by atoms with Crippen LogP contribution in [0.15, 0.2) is 0 Å². The van der Waals surface area contributed by atoms with E-state index in [0.29, 0.717) is 12.2 Å². The van der Waals surface area contributed by atoms with Gasteiger partial charge in [0.1, 0.15) is 0 Å². The normalized spacial score (nSPS) is 27.1. The third-order valence-electron chi connectivity index (χ3n) is 6.36. The highest BCUT2D eigenvalue weighted by molar-refractivity contribution is 9.08. The van der Waals surface area contributed by atoms with E-state index in [-0.39, 0.29) is 22.2 Å². The Balaban J connectivity index is 2.05. The van der Waals surface area contributed by atoms with Crippen LogP contribution in [0.25, 0.3) is 0 Å². The maximum Gasteiger partial charge on any atom is 0.184 e. The van der Waals surface area contributed by atoms with Crippen molar-refractivity contribution in [2.45, 2.75) is 155 Å². The molecule has 2 fully saturated rings. The van der Waals surface area contributed by atoms with Crippen LogP contribution in [0.5, 0.6) is 0 Å². The van der Waals surface area contributed by atoms with Gasteiger partial charge in [-0.1, -0.05) is 0 Å². The summed E-state index contributed by atoms with van der Waals surface area (Å²) < 4.78 is 18.4. The second-order valence-electron chi connectivity index (χ2n) is 14.6. The summed E-state index contributed by atoms with van der Waals surface area (Å²) in [6, 6.07) is 0. The predicted molar refractivity (Wildman–Crippen MR) is 158 cm³/mol. The zero-order chi connectivity index (χ0) is 25.7. The van der Waals surface area contributed by atoms with Crippen LogP contribution < -0.4 is 0 Å². The van der Waals surface area contributed by atoms with Crippen molar-refractivity contribution in [3.63, 3.8) is 0 Å². The Morgan fingerprint density at radius 1 is 0.545 bits per heavy atom. The Hall–Kier alpha value is 1.32. The molecule has 0 unspecified atom stereocenters. The lowest BCUT2D eigenvalue weighted by Crippen LogP contribution is -2.60. The van der Waals surface area contributed by atoms with Crippen LogP contribution >= 0.6 is 31.8 Å². The maximum atomic E-state index is 6.57. The highest BCUT2D eigenvalue weighted by Gasteiger charge is 2.49. The quantitative estimate of drug-likeness (QED) is 0.169. The summed E-state index contributed by atoms with van der Waals surface area (Å²) in [6.07, 6.45) is 5.09. The Morgan fingerprint density at radius 3 is 1.00 bits per heavy atom. The number of nitrogens with zero attached hydrogens (tertiary/aromatic N) is 2. The molecule has 0 N–H and O–H groups in total. The molecule has 33 heavy (non-hydrogen) atoms. The molecule has 0 spiro atoms. The summed E-state index contributed by atoms with van der Waals surface area (Å²) in [5.41, 5.74) is 0.363. The molecule has 4 nitrogen and oxygen atoms in total. The SMILES string of the molecule is CC1(C)CC(O[Si](C)(C)C)CC(C)(C)N1SSSN1C(C)(C)CC(O[Si](C)(C)C)CC1(C)C. The molecule has 0 aromatic carbocycles. The fraction of sp³-hybridized carbons (Fsp3) is 1.00. The van der Waals surface area contributed by atoms with Crippen LogP contribution in [0.2, 0.25) is 39.3 Å². The Morgan fingerprint density at radius 2 is 0.788 bits per heavy atom. The molecule has 2 aliphatic rings. The van der Waals surface area contributed by atoms with Gasteiger partial charge in [-0.15, -0.1) is 0 Å². The average Bonchev–Trinajstić information content (AvgIpc) is 2.45. The van der Waals surface area contributed by atoms with Crippen molar-refractivity contribution in [3.05, 3.63) is 0 Å². The zero-order valence-electron chi connectivity index (χ0n) is 23.9. The summed E-state index contributed by atoms with van der Waals surface area (Å²) in [7, 11) is 2.72. The van der Waals surface area contributed by atoms with E-state index in [1.54, 1.807) is 0 Å². The van der Waals surface area contributed by atoms with Crippen LogP contribution in [0.1, 0.15) is 81.1 Å². The maximum absolute atomic E-state index is 6.57. The van der Waals surface area contributed by atoms with Crippen LogP contribution in [-0.4, -0.2) is 59.6 Å². The van der Waals surface area contributed by atoms with Crippen LogP contribution in [0.4, 0.5) is 0 Å². The summed E-state index contributed by atoms with van der Waals surface area (Å²) in [5, 5.41) is 0. The van der Waals surface area contributed by atoms with Gasteiger partial charge in [-0.3, -0.25) is 0 Å². The van der Waals surface area contributed by atoms with Crippen molar-refractivity contribution in [2.75, 3.05) is 0 Å². The fourth-order valence-corrected chi connectivity index (χ4v) is 13.8. The Labute approximate surface area is 219 Å². The third kappa shape index (κ3) is 8.69. The molecule has 0 amide bonds. The van der Waals surface area contributed by atoms with Gasteiger partial charge in [0.2, 0.25) is 0 Å². The zero-order valence-corrected chi connectivity index (χ0v) is 28.4. The number of hydrogen-bond acceptors (Lipinski definition) is 7. The second kappa shape index (κ2) is 10.2. The van der Waals surface area contributed by atoms with Gasteiger partial charge in [0.15, 0.2) is 16.6 Å². The third-order valence-corrected chi connectivity index (χ3v) is 13.2. The first-order valence-corrected chi connectivity index (χ1v) is 22.7. The van der Waals surface area contributed by atoms with E-state index in [0.717, 1.165) is 25.7 Å². The smallest absolute Gasteiger partial charge is 0.184 e. The lowest BCUT2D eigenvalue weighted by atomic mass is 9.81. The molecule has 0 atom stereocenters. The second-order valence-corrected chi connectivity index (χ2v) is 27.2. The van der Waals surface area contributed by atoms with E-state index in [9.17, 15) is 0 Å². The van der Waals surface area contributed by atoms with Crippen molar-refractivity contribution >= 4 is 48.4 Å². The van der Waals surface area contributed by atoms with Crippen molar-refractivity contribution in [1.29, 1.82) is 0 Å². The van der Waals surface area contributed by atoms with Crippen molar-refractivity contribution in [2.24, 2.45) is 0 Å². The van der Waals surface area contributed by atoms with Crippen LogP contribution in [-0.2, 0) is 8.85 Å². The topological polar surface area (TPSA) is 24.9 Å². The first kappa shape index (κ1) is 30.5. The monoisotopic (exact) mass is 552 g/mol. The number of rotatable bonds is 8. The molecular formula is C24H52N2O2S3Si2. The molecule has 0 radical (unpaired) electrons. The van der Waals surface area contributed by atoms with Gasteiger partial charge in [-0.25, -0.2) is 8.61 Å².